The quantitative estimate of drug-likeness (QED) is 0.773. The van der Waals surface area contributed by atoms with Crippen LogP contribution in [0.3, 0.4) is 0 Å². The summed E-state index contributed by atoms with van der Waals surface area (Å²) < 4.78 is 0. The zero-order valence-corrected chi connectivity index (χ0v) is 10.5. The van der Waals surface area contributed by atoms with E-state index in [4.69, 9.17) is 5.11 Å². The lowest BCUT2D eigenvalue weighted by Crippen LogP contribution is -2.17. The molecule has 1 heterocycles. The Morgan fingerprint density at radius 1 is 1.25 bits per heavy atom. The van der Waals surface area contributed by atoms with Crippen LogP contribution in [-0.2, 0) is 0 Å². The maximum Gasteiger partial charge on any atom is 0.335 e. The first-order valence-corrected chi connectivity index (χ1v) is 5.68. The summed E-state index contributed by atoms with van der Waals surface area (Å²) in [5, 5.41) is 17.2. The van der Waals surface area contributed by atoms with Crippen LogP contribution < -0.4 is 10.9 Å². The van der Waals surface area contributed by atoms with Crippen molar-refractivity contribution in [3.8, 4) is 0 Å². The fourth-order valence-corrected chi connectivity index (χ4v) is 1.65. The summed E-state index contributed by atoms with van der Waals surface area (Å²) >= 11 is 0. The number of H-pyrrole nitrogens is 1. The molecule has 0 fully saturated rings. The van der Waals surface area contributed by atoms with Gasteiger partial charge in [0, 0.05) is 11.8 Å². The number of nitrogens with one attached hydrogen (secondary N) is 2. The number of aromatic carboxylic acids is 1. The topological polar surface area (TPSA) is 112 Å². The Morgan fingerprint density at radius 3 is 2.55 bits per heavy atom. The van der Waals surface area contributed by atoms with E-state index >= 15 is 0 Å². The lowest BCUT2D eigenvalue weighted by atomic mass is 10.1. The highest BCUT2D eigenvalue weighted by Crippen LogP contribution is 2.15. The molecule has 0 aliphatic carbocycles. The number of aromatic amines is 1. The standard InChI is InChI=1S/C13H11N3O4/c1-7-6-8(2-3-9(7)13(19)20)14-12(18)10-4-5-11(17)16-15-10/h2-6H,1H3,(H,14,18)(H,16,17)(H,19,20). The highest BCUT2D eigenvalue weighted by atomic mass is 16.4. The van der Waals surface area contributed by atoms with Crippen LogP contribution in [-0.4, -0.2) is 27.2 Å². The number of amides is 1. The summed E-state index contributed by atoms with van der Waals surface area (Å²) in [5.74, 6) is -1.52. The van der Waals surface area contributed by atoms with Crippen LogP contribution in [0.4, 0.5) is 5.69 Å². The maximum absolute atomic E-state index is 11.8. The largest absolute Gasteiger partial charge is 0.478 e. The molecular weight excluding hydrogens is 262 g/mol. The third-order valence-electron chi connectivity index (χ3n) is 2.63. The molecule has 0 spiro atoms. The lowest BCUT2D eigenvalue weighted by Gasteiger charge is -2.07. The molecule has 1 aromatic heterocycles. The molecular formula is C13H11N3O4. The van der Waals surface area contributed by atoms with Crippen molar-refractivity contribution in [2.75, 3.05) is 5.32 Å². The SMILES string of the molecule is Cc1cc(NC(=O)c2ccc(=O)[nH]n2)ccc1C(=O)O. The van der Waals surface area contributed by atoms with Crippen molar-refractivity contribution in [2.24, 2.45) is 0 Å². The first kappa shape index (κ1) is 13.5. The average Bonchev–Trinajstić information content (AvgIpc) is 2.39. The van der Waals surface area contributed by atoms with Crippen molar-refractivity contribution in [2.45, 2.75) is 6.92 Å². The molecule has 20 heavy (non-hydrogen) atoms. The first-order valence-electron chi connectivity index (χ1n) is 5.68. The minimum atomic E-state index is -1.03. The molecule has 2 aromatic rings. The van der Waals surface area contributed by atoms with E-state index in [2.05, 4.69) is 15.5 Å². The smallest absolute Gasteiger partial charge is 0.335 e. The summed E-state index contributed by atoms with van der Waals surface area (Å²) in [6.45, 7) is 1.64. The van der Waals surface area contributed by atoms with E-state index in [1.54, 1.807) is 13.0 Å². The molecule has 0 aliphatic heterocycles. The third kappa shape index (κ3) is 2.89. The minimum Gasteiger partial charge on any atom is -0.478 e. The molecule has 7 heteroatoms. The second-order valence-electron chi connectivity index (χ2n) is 4.10. The number of benzene rings is 1. The summed E-state index contributed by atoms with van der Waals surface area (Å²) in [6.07, 6.45) is 0. The van der Waals surface area contributed by atoms with E-state index in [0.717, 1.165) is 0 Å². The Morgan fingerprint density at radius 2 is 2.00 bits per heavy atom. The van der Waals surface area contributed by atoms with Crippen LogP contribution >= 0.6 is 0 Å². The molecule has 0 unspecified atom stereocenters. The normalized spacial score (nSPS) is 10.1. The zero-order valence-electron chi connectivity index (χ0n) is 10.5. The Labute approximate surface area is 113 Å². The van der Waals surface area contributed by atoms with Gasteiger partial charge in [-0.3, -0.25) is 9.59 Å². The van der Waals surface area contributed by atoms with Crippen molar-refractivity contribution >= 4 is 17.6 Å². The number of carbonyl (C=O) groups excluding carboxylic acids is 1. The van der Waals surface area contributed by atoms with Crippen LogP contribution in [0.25, 0.3) is 0 Å². The highest BCUT2D eigenvalue weighted by Gasteiger charge is 2.11. The van der Waals surface area contributed by atoms with Crippen LogP contribution in [0.2, 0.25) is 0 Å². The number of hydrogen-bond acceptors (Lipinski definition) is 4. The molecule has 0 aliphatic rings. The summed E-state index contributed by atoms with van der Waals surface area (Å²) in [6, 6.07) is 6.94. The number of carbonyl (C=O) groups is 2. The fourth-order valence-electron chi connectivity index (χ4n) is 1.65. The van der Waals surface area contributed by atoms with Crippen LogP contribution in [0.5, 0.6) is 0 Å². The number of anilines is 1. The van der Waals surface area contributed by atoms with E-state index in [9.17, 15) is 14.4 Å². The summed E-state index contributed by atoms with van der Waals surface area (Å²) in [4.78, 5) is 33.6. The molecule has 2 rings (SSSR count). The van der Waals surface area contributed by atoms with Crippen LogP contribution in [0, 0.1) is 6.92 Å². The van der Waals surface area contributed by atoms with Gasteiger partial charge in [-0.15, -0.1) is 0 Å². The Bertz CT molecular complexity index is 716. The number of nitrogens with zero attached hydrogens (tertiary/aromatic N) is 1. The van der Waals surface area contributed by atoms with E-state index < -0.39 is 17.4 Å². The van der Waals surface area contributed by atoms with Gasteiger partial charge in [-0.1, -0.05) is 0 Å². The molecule has 7 nitrogen and oxygen atoms in total. The number of rotatable bonds is 3. The van der Waals surface area contributed by atoms with Crippen molar-refractivity contribution in [1.29, 1.82) is 0 Å². The van der Waals surface area contributed by atoms with E-state index in [1.807, 2.05) is 0 Å². The predicted molar refractivity (Wildman–Crippen MR) is 70.9 cm³/mol. The van der Waals surface area contributed by atoms with Crippen molar-refractivity contribution in [3.63, 3.8) is 0 Å². The van der Waals surface area contributed by atoms with Gasteiger partial charge in [0.15, 0.2) is 0 Å². The summed E-state index contributed by atoms with van der Waals surface area (Å²) in [5.41, 5.74) is 0.813. The lowest BCUT2D eigenvalue weighted by molar-refractivity contribution is 0.0696. The number of carboxylic acids is 1. The van der Waals surface area contributed by atoms with Crippen molar-refractivity contribution < 1.29 is 14.7 Å². The Balaban J connectivity index is 2.20. The molecule has 0 atom stereocenters. The van der Waals surface area contributed by atoms with Gasteiger partial charge in [0.25, 0.3) is 11.5 Å². The summed E-state index contributed by atoms with van der Waals surface area (Å²) in [7, 11) is 0. The van der Waals surface area contributed by atoms with Crippen LogP contribution in [0.15, 0.2) is 35.1 Å². The zero-order chi connectivity index (χ0) is 14.7. The third-order valence-corrected chi connectivity index (χ3v) is 2.63. The van der Waals surface area contributed by atoms with Gasteiger partial charge >= 0.3 is 5.97 Å². The highest BCUT2D eigenvalue weighted by molar-refractivity contribution is 6.03. The van der Waals surface area contributed by atoms with Gasteiger partial charge in [0.2, 0.25) is 0 Å². The maximum atomic E-state index is 11.8. The second kappa shape index (κ2) is 5.35. The fraction of sp³-hybridized carbons (Fsp3) is 0.0769. The van der Waals surface area contributed by atoms with Gasteiger partial charge < -0.3 is 10.4 Å². The Hall–Kier alpha value is -2.96. The van der Waals surface area contributed by atoms with Gasteiger partial charge in [0.05, 0.1) is 5.56 Å². The van der Waals surface area contributed by atoms with E-state index in [1.165, 1.54) is 24.3 Å². The van der Waals surface area contributed by atoms with Gasteiger partial charge in [-0.25, -0.2) is 9.89 Å². The number of carboxylic acid groups (broad SMARTS) is 1. The molecule has 3 N–H and O–H groups in total. The van der Waals surface area contributed by atoms with Gasteiger partial charge in [-0.2, -0.15) is 5.10 Å². The van der Waals surface area contributed by atoms with Gasteiger partial charge in [-0.05, 0) is 36.8 Å². The molecule has 102 valence electrons. The van der Waals surface area contributed by atoms with E-state index in [-0.39, 0.29) is 11.3 Å². The van der Waals surface area contributed by atoms with E-state index in [0.29, 0.717) is 11.3 Å². The molecule has 0 bridgehead atoms. The number of aromatic nitrogens is 2. The number of hydrogen-bond donors (Lipinski definition) is 3. The number of aryl methyl sites for hydroxylation is 1. The predicted octanol–water partition coefficient (Wildman–Crippen LogP) is 1.03. The molecule has 1 aromatic carbocycles. The Kier molecular flexibility index (Phi) is 3.60. The molecule has 1 amide bonds. The van der Waals surface area contributed by atoms with Crippen LogP contribution in [0.1, 0.15) is 26.4 Å². The van der Waals surface area contributed by atoms with Gasteiger partial charge in [0.1, 0.15) is 5.69 Å². The molecule has 0 radical (unpaired) electrons. The average molecular weight is 273 g/mol. The monoisotopic (exact) mass is 273 g/mol. The minimum absolute atomic E-state index is 0.0598. The van der Waals surface area contributed by atoms with Crippen molar-refractivity contribution in [3.05, 3.63) is 57.5 Å². The molecule has 0 saturated heterocycles. The molecule has 0 saturated carbocycles. The first-order chi connectivity index (χ1) is 9.47. The van der Waals surface area contributed by atoms with Crippen molar-refractivity contribution in [1.82, 2.24) is 10.2 Å². The second-order valence-corrected chi connectivity index (χ2v) is 4.10.